The second kappa shape index (κ2) is 5.38. The van der Waals surface area contributed by atoms with Gasteiger partial charge in [-0.3, -0.25) is 14.6 Å². The highest BCUT2D eigenvalue weighted by atomic mass is 32.1. The maximum atomic E-state index is 12.5. The normalized spacial score (nSPS) is 18.7. The fourth-order valence-corrected chi connectivity index (χ4v) is 3.01. The molecule has 2 amide bonds. The van der Waals surface area contributed by atoms with E-state index in [0.29, 0.717) is 13.1 Å². The van der Waals surface area contributed by atoms with E-state index in [9.17, 15) is 9.59 Å². The Labute approximate surface area is 119 Å². The number of nitrogens with one attached hydrogen (secondary N) is 1. The molecule has 1 saturated heterocycles. The summed E-state index contributed by atoms with van der Waals surface area (Å²) in [6.07, 6.45) is 4.40. The summed E-state index contributed by atoms with van der Waals surface area (Å²) in [4.78, 5) is 34.9. The van der Waals surface area contributed by atoms with Gasteiger partial charge in [-0.05, 0) is 11.4 Å². The molecule has 7 heteroatoms. The highest BCUT2D eigenvalue weighted by Gasteiger charge is 2.35. The lowest BCUT2D eigenvalue weighted by molar-refractivity contribution is -0.127. The maximum absolute atomic E-state index is 12.5. The van der Waals surface area contributed by atoms with E-state index in [1.807, 2.05) is 17.5 Å². The summed E-state index contributed by atoms with van der Waals surface area (Å²) in [7, 11) is 0. The Balaban J connectivity index is 1.93. The van der Waals surface area contributed by atoms with Gasteiger partial charge in [0, 0.05) is 30.4 Å². The number of piperazine rings is 1. The van der Waals surface area contributed by atoms with Gasteiger partial charge in [0.2, 0.25) is 5.91 Å². The van der Waals surface area contributed by atoms with Gasteiger partial charge in [-0.15, -0.1) is 11.3 Å². The predicted molar refractivity (Wildman–Crippen MR) is 73.1 cm³/mol. The van der Waals surface area contributed by atoms with E-state index in [-0.39, 0.29) is 17.5 Å². The summed E-state index contributed by atoms with van der Waals surface area (Å²) >= 11 is 1.46. The molecule has 1 fully saturated rings. The minimum Gasteiger partial charge on any atom is -0.352 e. The second-order valence-corrected chi connectivity index (χ2v) is 5.28. The van der Waals surface area contributed by atoms with Gasteiger partial charge in [-0.1, -0.05) is 6.07 Å². The number of thiophene rings is 1. The van der Waals surface area contributed by atoms with Crippen LogP contribution in [0.1, 0.15) is 21.4 Å². The average Bonchev–Trinajstić information content (AvgIpc) is 3.01. The van der Waals surface area contributed by atoms with Crippen LogP contribution in [0.15, 0.2) is 36.1 Å². The number of hydrogen-bond acceptors (Lipinski definition) is 5. The Morgan fingerprint density at radius 3 is 3.05 bits per heavy atom. The number of nitrogens with zero attached hydrogens (tertiary/aromatic N) is 3. The van der Waals surface area contributed by atoms with E-state index in [1.54, 1.807) is 4.90 Å². The highest BCUT2D eigenvalue weighted by Crippen LogP contribution is 2.28. The van der Waals surface area contributed by atoms with Crippen molar-refractivity contribution >= 4 is 23.2 Å². The SMILES string of the molecule is O=C1NCCN(C(=O)c2cnccn2)C1c1cccs1. The standard InChI is InChI=1S/C13H12N4O2S/c18-12-11(10-2-1-7-20-10)17(6-5-16-12)13(19)9-8-14-3-4-15-9/h1-4,7-8,11H,5-6H2,(H,16,18). The second-order valence-electron chi connectivity index (χ2n) is 4.30. The first kappa shape index (κ1) is 12.7. The molecule has 0 saturated carbocycles. The molecule has 0 spiro atoms. The molecule has 1 N–H and O–H groups in total. The van der Waals surface area contributed by atoms with Crippen LogP contribution in [-0.2, 0) is 4.79 Å². The average molecular weight is 288 g/mol. The van der Waals surface area contributed by atoms with Crippen molar-refractivity contribution in [2.75, 3.05) is 13.1 Å². The van der Waals surface area contributed by atoms with Gasteiger partial charge in [0.05, 0.1) is 6.20 Å². The molecule has 0 radical (unpaired) electrons. The largest absolute Gasteiger partial charge is 0.352 e. The first-order valence-corrected chi connectivity index (χ1v) is 7.03. The molecular formula is C13H12N4O2S. The van der Waals surface area contributed by atoms with Crippen molar-refractivity contribution in [1.82, 2.24) is 20.2 Å². The number of carbonyl (C=O) groups is 2. The Hall–Kier alpha value is -2.28. The minimum absolute atomic E-state index is 0.157. The molecule has 2 aromatic rings. The molecule has 1 aliphatic heterocycles. The summed E-state index contributed by atoms with van der Waals surface area (Å²) in [5.41, 5.74) is 0.253. The Morgan fingerprint density at radius 2 is 2.35 bits per heavy atom. The first-order chi connectivity index (χ1) is 9.77. The van der Waals surface area contributed by atoms with Gasteiger partial charge in [0.25, 0.3) is 5.91 Å². The van der Waals surface area contributed by atoms with Crippen LogP contribution >= 0.6 is 11.3 Å². The zero-order valence-electron chi connectivity index (χ0n) is 10.5. The summed E-state index contributed by atoms with van der Waals surface area (Å²) in [5.74, 6) is -0.428. The van der Waals surface area contributed by atoms with Gasteiger partial charge < -0.3 is 10.2 Å². The zero-order chi connectivity index (χ0) is 13.9. The summed E-state index contributed by atoms with van der Waals surface area (Å²) < 4.78 is 0. The molecule has 20 heavy (non-hydrogen) atoms. The number of aromatic nitrogens is 2. The molecule has 3 heterocycles. The van der Waals surface area contributed by atoms with Crippen molar-refractivity contribution in [2.45, 2.75) is 6.04 Å². The van der Waals surface area contributed by atoms with E-state index in [0.717, 1.165) is 4.88 Å². The molecule has 2 aromatic heterocycles. The topological polar surface area (TPSA) is 75.2 Å². The Kier molecular flexibility index (Phi) is 3.42. The summed E-state index contributed by atoms with van der Waals surface area (Å²) in [6, 6.07) is 3.14. The monoisotopic (exact) mass is 288 g/mol. The number of amides is 2. The number of hydrogen-bond donors (Lipinski definition) is 1. The molecule has 0 bridgehead atoms. The van der Waals surface area contributed by atoms with E-state index in [4.69, 9.17) is 0 Å². The fraction of sp³-hybridized carbons (Fsp3) is 0.231. The van der Waals surface area contributed by atoms with Crippen LogP contribution in [0.2, 0.25) is 0 Å². The van der Waals surface area contributed by atoms with Crippen molar-refractivity contribution in [1.29, 1.82) is 0 Å². The molecule has 0 aromatic carbocycles. The lowest BCUT2D eigenvalue weighted by atomic mass is 10.1. The van der Waals surface area contributed by atoms with E-state index >= 15 is 0 Å². The van der Waals surface area contributed by atoms with Crippen molar-refractivity contribution in [3.8, 4) is 0 Å². The Bertz CT molecular complexity index is 615. The zero-order valence-corrected chi connectivity index (χ0v) is 11.3. The van der Waals surface area contributed by atoms with E-state index in [1.165, 1.54) is 29.9 Å². The minimum atomic E-state index is -0.585. The molecule has 1 unspecified atom stereocenters. The van der Waals surface area contributed by atoms with Gasteiger partial charge in [0.1, 0.15) is 11.7 Å². The number of rotatable bonds is 2. The summed E-state index contributed by atoms with van der Waals surface area (Å²) in [6.45, 7) is 0.913. The first-order valence-electron chi connectivity index (χ1n) is 6.15. The summed E-state index contributed by atoms with van der Waals surface area (Å²) in [5, 5.41) is 4.69. The molecule has 1 aliphatic rings. The maximum Gasteiger partial charge on any atom is 0.275 e. The molecule has 1 atom stereocenters. The Morgan fingerprint density at radius 1 is 1.45 bits per heavy atom. The van der Waals surface area contributed by atoms with Crippen LogP contribution in [0.25, 0.3) is 0 Å². The molecule has 0 aliphatic carbocycles. The molecule has 3 rings (SSSR count). The lowest BCUT2D eigenvalue weighted by Crippen LogP contribution is -2.52. The number of carbonyl (C=O) groups excluding carboxylic acids is 2. The van der Waals surface area contributed by atoms with Crippen molar-refractivity contribution in [2.24, 2.45) is 0 Å². The highest BCUT2D eigenvalue weighted by molar-refractivity contribution is 7.10. The van der Waals surface area contributed by atoms with E-state index in [2.05, 4.69) is 15.3 Å². The van der Waals surface area contributed by atoms with E-state index < -0.39 is 6.04 Å². The molecule has 6 nitrogen and oxygen atoms in total. The van der Waals surface area contributed by atoms with Crippen molar-refractivity contribution < 1.29 is 9.59 Å². The van der Waals surface area contributed by atoms with Gasteiger partial charge in [0.15, 0.2) is 0 Å². The molecular weight excluding hydrogens is 276 g/mol. The fourth-order valence-electron chi connectivity index (χ4n) is 2.17. The van der Waals surface area contributed by atoms with Crippen LogP contribution in [0.5, 0.6) is 0 Å². The quantitative estimate of drug-likeness (QED) is 0.889. The van der Waals surface area contributed by atoms with Crippen LogP contribution in [-0.4, -0.2) is 39.8 Å². The van der Waals surface area contributed by atoms with Crippen LogP contribution < -0.4 is 5.32 Å². The van der Waals surface area contributed by atoms with Gasteiger partial charge >= 0.3 is 0 Å². The van der Waals surface area contributed by atoms with Crippen LogP contribution in [0.4, 0.5) is 0 Å². The van der Waals surface area contributed by atoms with Crippen LogP contribution in [0, 0.1) is 0 Å². The smallest absolute Gasteiger partial charge is 0.275 e. The van der Waals surface area contributed by atoms with Crippen molar-refractivity contribution in [3.05, 3.63) is 46.7 Å². The van der Waals surface area contributed by atoms with Crippen LogP contribution in [0.3, 0.4) is 0 Å². The van der Waals surface area contributed by atoms with Gasteiger partial charge in [-0.2, -0.15) is 0 Å². The predicted octanol–water partition coefficient (Wildman–Crippen LogP) is 0.851. The third-order valence-electron chi connectivity index (χ3n) is 3.07. The lowest BCUT2D eigenvalue weighted by Gasteiger charge is -2.34. The van der Waals surface area contributed by atoms with Crippen molar-refractivity contribution in [3.63, 3.8) is 0 Å². The third kappa shape index (κ3) is 2.27. The molecule has 102 valence electrons. The third-order valence-corrected chi connectivity index (χ3v) is 3.99. The van der Waals surface area contributed by atoms with Gasteiger partial charge in [-0.25, -0.2) is 4.98 Å².